The van der Waals surface area contributed by atoms with Gasteiger partial charge in [-0.25, -0.2) is 0 Å². The van der Waals surface area contributed by atoms with Crippen molar-refractivity contribution in [1.82, 2.24) is 5.32 Å². The molecular formula is C20H19NO3S. The SMILES string of the molecule is O=C(NCCO)c1sc(-c2ccccc2)cc1OCc1ccccc1. The molecule has 0 aliphatic rings. The van der Waals surface area contributed by atoms with Crippen LogP contribution in [0.2, 0.25) is 0 Å². The number of ether oxygens (including phenoxy) is 1. The summed E-state index contributed by atoms with van der Waals surface area (Å²) in [7, 11) is 0. The van der Waals surface area contributed by atoms with Crippen molar-refractivity contribution in [1.29, 1.82) is 0 Å². The second-order valence-corrected chi connectivity index (χ2v) is 6.48. The number of carbonyl (C=O) groups excluding carboxylic acids is 1. The average Bonchev–Trinajstić information content (AvgIpc) is 3.10. The van der Waals surface area contributed by atoms with Crippen molar-refractivity contribution in [2.45, 2.75) is 6.61 Å². The van der Waals surface area contributed by atoms with Crippen LogP contribution in [0, 0.1) is 0 Å². The summed E-state index contributed by atoms with van der Waals surface area (Å²) >= 11 is 1.39. The van der Waals surface area contributed by atoms with Gasteiger partial charge in [-0.1, -0.05) is 60.7 Å². The van der Waals surface area contributed by atoms with Crippen LogP contribution in [-0.4, -0.2) is 24.2 Å². The van der Waals surface area contributed by atoms with Crippen molar-refractivity contribution < 1.29 is 14.6 Å². The number of rotatable bonds is 7. The van der Waals surface area contributed by atoms with E-state index in [4.69, 9.17) is 9.84 Å². The van der Waals surface area contributed by atoms with Crippen LogP contribution in [0.4, 0.5) is 0 Å². The van der Waals surface area contributed by atoms with Crippen LogP contribution < -0.4 is 10.1 Å². The van der Waals surface area contributed by atoms with Crippen LogP contribution in [-0.2, 0) is 6.61 Å². The van der Waals surface area contributed by atoms with Crippen molar-refractivity contribution in [3.05, 3.63) is 77.2 Å². The molecular weight excluding hydrogens is 334 g/mol. The van der Waals surface area contributed by atoms with Gasteiger partial charge in [0, 0.05) is 11.4 Å². The molecule has 25 heavy (non-hydrogen) atoms. The standard InChI is InChI=1S/C20H19NO3S/c22-12-11-21-20(23)19-17(24-14-15-7-3-1-4-8-15)13-18(25-19)16-9-5-2-6-10-16/h1-10,13,22H,11-12,14H2,(H,21,23). The number of hydrogen-bond acceptors (Lipinski definition) is 4. The first-order valence-electron chi connectivity index (χ1n) is 8.03. The molecule has 2 N–H and O–H groups in total. The highest BCUT2D eigenvalue weighted by Gasteiger charge is 2.18. The number of aliphatic hydroxyl groups excluding tert-OH is 1. The summed E-state index contributed by atoms with van der Waals surface area (Å²) < 4.78 is 5.91. The lowest BCUT2D eigenvalue weighted by atomic mass is 10.2. The highest BCUT2D eigenvalue weighted by Crippen LogP contribution is 2.36. The number of amides is 1. The molecule has 5 heteroatoms. The second kappa shape index (κ2) is 8.46. The zero-order valence-electron chi connectivity index (χ0n) is 13.6. The maximum atomic E-state index is 12.4. The van der Waals surface area contributed by atoms with Crippen LogP contribution in [0.25, 0.3) is 10.4 Å². The molecule has 0 atom stereocenters. The molecule has 3 rings (SSSR count). The van der Waals surface area contributed by atoms with E-state index in [-0.39, 0.29) is 19.1 Å². The Bertz CT molecular complexity index is 815. The molecule has 128 valence electrons. The fraction of sp³-hybridized carbons (Fsp3) is 0.150. The molecule has 4 nitrogen and oxygen atoms in total. The fourth-order valence-electron chi connectivity index (χ4n) is 2.37. The van der Waals surface area contributed by atoms with E-state index >= 15 is 0 Å². The van der Waals surface area contributed by atoms with Gasteiger partial charge in [-0.2, -0.15) is 0 Å². The molecule has 0 radical (unpaired) electrons. The monoisotopic (exact) mass is 353 g/mol. The van der Waals surface area contributed by atoms with Crippen molar-refractivity contribution in [3.8, 4) is 16.2 Å². The Kier molecular flexibility index (Phi) is 5.82. The minimum Gasteiger partial charge on any atom is -0.487 e. The Balaban J connectivity index is 1.85. The Morgan fingerprint density at radius 1 is 1.04 bits per heavy atom. The smallest absolute Gasteiger partial charge is 0.265 e. The minimum absolute atomic E-state index is 0.0944. The highest BCUT2D eigenvalue weighted by molar-refractivity contribution is 7.17. The zero-order valence-corrected chi connectivity index (χ0v) is 14.5. The molecule has 1 heterocycles. The number of thiophene rings is 1. The summed E-state index contributed by atoms with van der Waals surface area (Å²) in [4.78, 5) is 13.9. The third-order valence-electron chi connectivity index (χ3n) is 3.60. The summed E-state index contributed by atoms with van der Waals surface area (Å²) in [5.41, 5.74) is 2.08. The van der Waals surface area contributed by atoms with Crippen molar-refractivity contribution in [2.24, 2.45) is 0 Å². The first kappa shape index (κ1) is 17.2. The molecule has 0 aliphatic carbocycles. The number of carbonyl (C=O) groups is 1. The summed E-state index contributed by atoms with van der Waals surface area (Å²) in [6, 6.07) is 21.6. The third kappa shape index (κ3) is 4.47. The first-order valence-corrected chi connectivity index (χ1v) is 8.84. The predicted molar refractivity (Wildman–Crippen MR) is 99.9 cm³/mol. The molecule has 1 amide bonds. The summed E-state index contributed by atoms with van der Waals surface area (Å²) in [5, 5.41) is 11.6. The van der Waals surface area contributed by atoms with Crippen molar-refractivity contribution in [3.63, 3.8) is 0 Å². The molecule has 2 aromatic carbocycles. The summed E-state index contributed by atoms with van der Waals surface area (Å²) in [6.07, 6.45) is 0. The normalized spacial score (nSPS) is 10.4. The van der Waals surface area contributed by atoms with Crippen LogP contribution in [0.3, 0.4) is 0 Å². The minimum atomic E-state index is -0.232. The van der Waals surface area contributed by atoms with Gasteiger partial charge < -0.3 is 15.2 Å². The quantitative estimate of drug-likeness (QED) is 0.681. The van der Waals surface area contributed by atoms with E-state index in [2.05, 4.69) is 5.32 Å². The van der Waals surface area contributed by atoms with Crippen molar-refractivity contribution >= 4 is 17.2 Å². The van der Waals surface area contributed by atoms with E-state index in [0.717, 1.165) is 16.0 Å². The van der Waals surface area contributed by atoms with Gasteiger partial charge in [0.25, 0.3) is 5.91 Å². The molecule has 0 saturated heterocycles. The average molecular weight is 353 g/mol. The molecule has 0 aliphatic heterocycles. The summed E-state index contributed by atoms with van der Waals surface area (Å²) in [5.74, 6) is 0.326. The van der Waals surface area contributed by atoms with Crippen LogP contribution >= 0.6 is 11.3 Å². The van der Waals surface area contributed by atoms with Gasteiger partial charge in [0.2, 0.25) is 0 Å². The second-order valence-electron chi connectivity index (χ2n) is 5.42. The van der Waals surface area contributed by atoms with E-state index in [1.54, 1.807) is 0 Å². The molecule has 1 aromatic heterocycles. The predicted octanol–water partition coefficient (Wildman–Crippen LogP) is 3.72. The molecule has 3 aromatic rings. The molecule has 0 unspecified atom stereocenters. The van der Waals surface area contributed by atoms with Gasteiger partial charge in [-0.3, -0.25) is 4.79 Å². The highest BCUT2D eigenvalue weighted by atomic mass is 32.1. The van der Waals surface area contributed by atoms with E-state index in [0.29, 0.717) is 17.2 Å². The van der Waals surface area contributed by atoms with Crippen LogP contribution in [0.15, 0.2) is 66.7 Å². The topological polar surface area (TPSA) is 58.6 Å². The Morgan fingerprint density at radius 3 is 2.40 bits per heavy atom. The maximum Gasteiger partial charge on any atom is 0.265 e. The number of nitrogens with one attached hydrogen (secondary N) is 1. The lowest BCUT2D eigenvalue weighted by molar-refractivity contribution is 0.0945. The Labute approximate surface area is 150 Å². The Morgan fingerprint density at radius 2 is 1.72 bits per heavy atom. The molecule has 0 fully saturated rings. The van der Waals surface area contributed by atoms with Gasteiger partial charge in [0.15, 0.2) is 0 Å². The lowest BCUT2D eigenvalue weighted by Gasteiger charge is -2.07. The molecule has 0 saturated carbocycles. The molecule has 0 bridgehead atoms. The van der Waals surface area contributed by atoms with Crippen LogP contribution in [0.5, 0.6) is 5.75 Å². The number of hydrogen-bond donors (Lipinski definition) is 2. The zero-order chi connectivity index (χ0) is 17.5. The maximum absolute atomic E-state index is 12.4. The van der Waals surface area contributed by atoms with Gasteiger partial charge in [0.05, 0.1) is 6.61 Å². The van der Waals surface area contributed by atoms with E-state index < -0.39 is 0 Å². The van der Waals surface area contributed by atoms with Crippen molar-refractivity contribution in [2.75, 3.05) is 13.2 Å². The van der Waals surface area contributed by atoms with Gasteiger partial charge in [0.1, 0.15) is 17.2 Å². The van der Waals surface area contributed by atoms with Crippen LogP contribution in [0.1, 0.15) is 15.2 Å². The Hall–Kier alpha value is -2.63. The van der Waals surface area contributed by atoms with E-state index in [1.165, 1.54) is 11.3 Å². The number of benzene rings is 2. The van der Waals surface area contributed by atoms with Gasteiger partial charge >= 0.3 is 0 Å². The number of aliphatic hydroxyl groups is 1. The van der Waals surface area contributed by atoms with E-state index in [9.17, 15) is 4.79 Å². The third-order valence-corrected chi connectivity index (χ3v) is 4.76. The largest absolute Gasteiger partial charge is 0.487 e. The van der Waals surface area contributed by atoms with Gasteiger partial charge in [-0.15, -0.1) is 11.3 Å². The fourth-order valence-corrected chi connectivity index (χ4v) is 3.39. The first-order chi connectivity index (χ1) is 12.3. The molecule has 0 spiro atoms. The van der Waals surface area contributed by atoms with E-state index in [1.807, 2.05) is 66.7 Å². The van der Waals surface area contributed by atoms with Gasteiger partial charge in [-0.05, 0) is 17.2 Å². The lowest BCUT2D eigenvalue weighted by Crippen LogP contribution is -2.25. The summed E-state index contributed by atoms with van der Waals surface area (Å²) in [6.45, 7) is 0.518.